The molecule has 0 aromatic heterocycles. The monoisotopic (exact) mass is 385 g/mol. The van der Waals surface area contributed by atoms with E-state index in [1.165, 1.54) is 31.2 Å². The van der Waals surface area contributed by atoms with E-state index in [2.05, 4.69) is 4.72 Å². The van der Waals surface area contributed by atoms with E-state index in [-0.39, 0.29) is 28.8 Å². The smallest absolute Gasteiger partial charge is 0.262 e. The lowest BCUT2D eigenvalue weighted by molar-refractivity contribution is -0.116. The van der Waals surface area contributed by atoms with Gasteiger partial charge in [0, 0.05) is 31.3 Å². The Kier molecular flexibility index (Phi) is 3.93. The maximum atomic E-state index is 12.9. The van der Waals surface area contributed by atoms with Crippen molar-refractivity contribution in [1.82, 2.24) is 0 Å². The van der Waals surface area contributed by atoms with Gasteiger partial charge in [-0.3, -0.25) is 9.52 Å². The van der Waals surface area contributed by atoms with E-state index in [9.17, 15) is 18.5 Å². The first-order valence-corrected chi connectivity index (χ1v) is 9.65. The number of carbonyl (C=O) groups is 1. The Bertz CT molecular complexity index is 1100. The molecule has 0 bridgehead atoms. The van der Waals surface area contributed by atoms with Gasteiger partial charge in [-0.1, -0.05) is 6.07 Å². The number of amides is 1. The molecule has 2 aromatic carbocycles. The molecule has 0 saturated heterocycles. The molecular weight excluding hydrogens is 370 g/mol. The van der Waals surface area contributed by atoms with Crippen LogP contribution in [0, 0.1) is 11.3 Å². The highest BCUT2D eigenvalue weighted by atomic mass is 32.2. The zero-order chi connectivity index (χ0) is 19.2. The standard InChI is InChI=1S/C18H15N3O5S/c1-11(22)21-5-4-12-2-3-14(7-16(12)21)27(23,24)20-15-8-18-17(25-10-26-18)6-13(15)9-19/h2-3,6-8,20H,4-5,10H2,1H3. The third-order valence-corrected chi connectivity index (χ3v) is 5.88. The Morgan fingerprint density at radius 3 is 2.67 bits per heavy atom. The minimum absolute atomic E-state index is 0.0101. The van der Waals surface area contributed by atoms with Crippen LogP contribution in [0.4, 0.5) is 11.4 Å². The largest absolute Gasteiger partial charge is 0.454 e. The van der Waals surface area contributed by atoms with Crippen molar-refractivity contribution in [3.05, 3.63) is 41.5 Å². The zero-order valence-electron chi connectivity index (χ0n) is 14.4. The van der Waals surface area contributed by atoms with Crippen LogP contribution in [0.15, 0.2) is 35.2 Å². The fourth-order valence-corrected chi connectivity index (χ4v) is 4.27. The molecule has 2 heterocycles. The number of nitrogens with one attached hydrogen (secondary N) is 1. The molecular formula is C18H15N3O5S. The summed E-state index contributed by atoms with van der Waals surface area (Å²) in [6, 6.07) is 9.48. The van der Waals surface area contributed by atoms with Crippen LogP contribution in [0.5, 0.6) is 11.5 Å². The van der Waals surface area contributed by atoms with Crippen molar-refractivity contribution in [3.63, 3.8) is 0 Å². The highest BCUT2D eigenvalue weighted by Gasteiger charge is 2.26. The third-order valence-electron chi connectivity index (χ3n) is 4.52. The molecule has 2 aliphatic heterocycles. The quantitative estimate of drug-likeness (QED) is 0.866. The first-order chi connectivity index (χ1) is 12.9. The number of hydrogen-bond acceptors (Lipinski definition) is 6. The van der Waals surface area contributed by atoms with Crippen molar-refractivity contribution in [2.45, 2.75) is 18.2 Å². The molecule has 0 fully saturated rings. The summed E-state index contributed by atoms with van der Waals surface area (Å²) < 4.78 is 38.6. The second kappa shape index (κ2) is 6.17. The van der Waals surface area contributed by atoms with E-state index in [4.69, 9.17) is 9.47 Å². The molecule has 8 nitrogen and oxygen atoms in total. The molecule has 9 heteroatoms. The molecule has 27 heavy (non-hydrogen) atoms. The van der Waals surface area contributed by atoms with E-state index in [1.54, 1.807) is 11.0 Å². The predicted octanol–water partition coefficient (Wildman–Crippen LogP) is 2.00. The lowest BCUT2D eigenvalue weighted by Crippen LogP contribution is -2.26. The van der Waals surface area contributed by atoms with Crippen LogP contribution in [0.25, 0.3) is 0 Å². The van der Waals surface area contributed by atoms with Crippen molar-refractivity contribution in [3.8, 4) is 17.6 Å². The van der Waals surface area contributed by atoms with Crippen molar-refractivity contribution in [2.75, 3.05) is 23.0 Å². The molecule has 0 unspecified atom stereocenters. The Balaban J connectivity index is 1.71. The third kappa shape index (κ3) is 2.94. The van der Waals surface area contributed by atoms with Gasteiger partial charge in [0.25, 0.3) is 10.0 Å². The van der Waals surface area contributed by atoms with Gasteiger partial charge in [0.1, 0.15) is 6.07 Å². The van der Waals surface area contributed by atoms with Crippen LogP contribution in [0.1, 0.15) is 18.1 Å². The van der Waals surface area contributed by atoms with Gasteiger partial charge in [-0.05, 0) is 24.1 Å². The normalized spacial score (nSPS) is 14.6. The summed E-state index contributed by atoms with van der Waals surface area (Å²) >= 11 is 0. The van der Waals surface area contributed by atoms with Gasteiger partial charge < -0.3 is 14.4 Å². The maximum absolute atomic E-state index is 12.9. The Labute approximate surface area is 156 Å². The number of anilines is 2. The Hall–Kier alpha value is -3.25. The second-order valence-electron chi connectivity index (χ2n) is 6.18. The maximum Gasteiger partial charge on any atom is 0.262 e. The summed E-state index contributed by atoms with van der Waals surface area (Å²) in [4.78, 5) is 13.3. The van der Waals surface area contributed by atoms with E-state index in [0.29, 0.717) is 30.2 Å². The topological polar surface area (TPSA) is 109 Å². The highest BCUT2D eigenvalue weighted by molar-refractivity contribution is 7.92. The molecule has 138 valence electrons. The number of nitriles is 1. The average molecular weight is 385 g/mol. The summed E-state index contributed by atoms with van der Waals surface area (Å²) in [6.07, 6.45) is 0.684. The van der Waals surface area contributed by atoms with Gasteiger partial charge in [-0.25, -0.2) is 8.42 Å². The van der Waals surface area contributed by atoms with Crippen molar-refractivity contribution in [2.24, 2.45) is 0 Å². The number of rotatable bonds is 3. The molecule has 0 spiro atoms. The number of carbonyl (C=O) groups excluding carboxylic acids is 1. The summed E-state index contributed by atoms with van der Waals surface area (Å²) in [7, 11) is -3.97. The van der Waals surface area contributed by atoms with E-state index in [0.717, 1.165) is 5.56 Å². The number of benzene rings is 2. The van der Waals surface area contributed by atoms with Crippen LogP contribution in [0.2, 0.25) is 0 Å². The van der Waals surface area contributed by atoms with Crippen molar-refractivity contribution < 1.29 is 22.7 Å². The summed E-state index contributed by atoms with van der Waals surface area (Å²) in [5, 5.41) is 9.31. The van der Waals surface area contributed by atoms with Gasteiger partial charge in [0.15, 0.2) is 11.5 Å². The van der Waals surface area contributed by atoms with Crippen LogP contribution >= 0.6 is 0 Å². The molecule has 1 amide bonds. The molecule has 2 aromatic rings. The fourth-order valence-electron chi connectivity index (χ4n) is 3.18. The number of ether oxygens (including phenoxy) is 2. The van der Waals surface area contributed by atoms with E-state index in [1.807, 2.05) is 6.07 Å². The Morgan fingerprint density at radius 1 is 1.22 bits per heavy atom. The zero-order valence-corrected chi connectivity index (χ0v) is 15.2. The highest BCUT2D eigenvalue weighted by Crippen LogP contribution is 2.38. The summed E-state index contributed by atoms with van der Waals surface area (Å²) in [5.41, 5.74) is 1.74. The van der Waals surface area contributed by atoms with Crippen LogP contribution in [0.3, 0.4) is 0 Å². The fraction of sp³-hybridized carbons (Fsp3) is 0.222. The SMILES string of the molecule is CC(=O)N1CCc2ccc(S(=O)(=O)Nc3cc4c(cc3C#N)OCO4)cc21. The molecule has 0 saturated carbocycles. The Morgan fingerprint density at radius 2 is 1.96 bits per heavy atom. The minimum Gasteiger partial charge on any atom is -0.454 e. The lowest BCUT2D eigenvalue weighted by atomic mass is 10.2. The van der Waals surface area contributed by atoms with Gasteiger partial charge in [0.05, 0.1) is 16.1 Å². The summed E-state index contributed by atoms with van der Waals surface area (Å²) in [6.45, 7) is 1.99. The number of fused-ring (bicyclic) bond motifs is 2. The van der Waals surface area contributed by atoms with Crippen molar-refractivity contribution >= 4 is 27.3 Å². The van der Waals surface area contributed by atoms with Gasteiger partial charge in [0.2, 0.25) is 12.7 Å². The first kappa shape index (κ1) is 17.2. The first-order valence-electron chi connectivity index (χ1n) is 8.16. The average Bonchev–Trinajstić information content (AvgIpc) is 3.26. The van der Waals surface area contributed by atoms with Crippen LogP contribution in [-0.2, 0) is 21.2 Å². The van der Waals surface area contributed by atoms with Crippen LogP contribution < -0.4 is 19.1 Å². The number of hydrogen-bond donors (Lipinski definition) is 1. The van der Waals surface area contributed by atoms with E-state index < -0.39 is 10.0 Å². The van der Waals surface area contributed by atoms with Gasteiger partial charge >= 0.3 is 0 Å². The summed E-state index contributed by atoms with van der Waals surface area (Å²) in [5.74, 6) is 0.617. The van der Waals surface area contributed by atoms with Crippen LogP contribution in [-0.4, -0.2) is 27.7 Å². The van der Waals surface area contributed by atoms with Crippen molar-refractivity contribution in [1.29, 1.82) is 5.26 Å². The second-order valence-corrected chi connectivity index (χ2v) is 7.86. The van der Waals surface area contributed by atoms with Gasteiger partial charge in [-0.2, -0.15) is 5.26 Å². The molecule has 1 N–H and O–H groups in total. The predicted molar refractivity (Wildman–Crippen MR) is 96.3 cm³/mol. The van der Waals surface area contributed by atoms with E-state index >= 15 is 0 Å². The molecule has 2 aliphatic rings. The molecule has 4 rings (SSSR count). The molecule has 0 atom stereocenters. The van der Waals surface area contributed by atoms with Gasteiger partial charge in [-0.15, -0.1) is 0 Å². The minimum atomic E-state index is -3.97. The molecule has 0 aliphatic carbocycles. The lowest BCUT2D eigenvalue weighted by Gasteiger charge is -2.16. The number of nitrogens with zero attached hydrogens (tertiary/aromatic N) is 2. The molecule has 0 radical (unpaired) electrons. The number of sulfonamides is 1.